The maximum atomic E-state index is 11.0. The van der Waals surface area contributed by atoms with E-state index >= 15 is 0 Å². The Morgan fingerprint density at radius 3 is 2.88 bits per heavy atom. The van der Waals surface area contributed by atoms with E-state index in [0.29, 0.717) is 13.0 Å². The zero-order valence-electron chi connectivity index (χ0n) is 18.7. The lowest BCUT2D eigenvalue weighted by Crippen LogP contribution is -2.22. The third-order valence-electron chi connectivity index (χ3n) is 5.54. The number of fused-ring (bicyclic) bond motifs is 1. The number of unbranched alkanes of at least 4 members (excludes halogenated alkanes) is 1. The summed E-state index contributed by atoms with van der Waals surface area (Å²) in [6.07, 6.45) is 11.2. The Kier molecular flexibility index (Phi) is 9.32. The standard InChI is InChI=1S/C26H33N3O3/c1-21(26(30)31)8-2-3-9-22(18-27-14-7-16-29-17-15-28-20-29)19-32-25-13-6-11-23-10-4-5-12-24(23)25/h4-6,9-13,15,17,20-21,27H,2-3,7-8,14,16,18-19H2,1H3,(H,30,31). The van der Waals surface area contributed by atoms with Crippen LogP contribution in [0.1, 0.15) is 32.6 Å². The number of imidazole rings is 1. The minimum Gasteiger partial charge on any atom is -0.489 e. The highest BCUT2D eigenvalue weighted by Crippen LogP contribution is 2.25. The predicted octanol–water partition coefficient (Wildman–Crippen LogP) is 4.91. The minimum atomic E-state index is -0.729. The van der Waals surface area contributed by atoms with Crippen LogP contribution in [0.5, 0.6) is 5.75 Å². The van der Waals surface area contributed by atoms with Crippen LogP contribution < -0.4 is 10.1 Å². The van der Waals surface area contributed by atoms with Crippen LogP contribution >= 0.6 is 0 Å². The number of benzene rings is 2. The Morgan fingerprint density at radius 1 is 1.22 bits per heavy atom. The first-order chi connectivity index (χ1) is 15.6. The number of ether oxygens (including phenoxy) is 1. The van der Waals surface area contributed by atoms with Crippen molar-refractivity contribution in [1.82, 2.24) is 14.9 Å². The van der Waals surface area contributed by atoms with Crippen LogP contribution in [0.3, 0.4) is 0 Å². The lowest BCUT2D eigenvalue weighted by Gasteiger charge is -2.14. The van der Waals surface area contributed by atoms with Gasteiger partial charge in [-0.1, -0.05) is 49.4 Å². The summed E-state index contributed by atoms with van der Waals surface area (Å²) in [6.45, 7) is 4.87. The molecule has 1 heterocycles. The molecule has 0 amide bonds. The molecular weight excluding hydrogens is 402 g/mol. The first-order valence-corrected chi connectivity index (χ1v) is 11.3. The topological polar surface area (TPSA) is 76.4 Å². The van der Waals surface area contributed by atoms with Crippen molar-refractivity contribution in [3.05, 3.63) is 72.8 Å². The van der Waals surface area contributed by atoms with Crippen LogP contribution in [0.15, 0.2) is 72.8 Å². The molecule has 1 aromatic heterocycles. The van der Waals surface area contributed by atoms with Crippen molar-refractivity contribution in [2.75, 3.05) is 19.7 Å². The molecule has 6 nitrogen and oxygen atoms in total. The summed E-state index contributed by atoms with van der Waals surface area (Å²) in [5.74, 6) is -0.151. The molecule has 32 heavy (non-hydrogen) atoms. The lowest BCUT2D eigenvalue weighted by atomic mass is 10.0. The number of carboxylic acid groups (broad SMARTS) is 1. The fourth-order valence-electron chi connectivity index (χ4n) is 3.58. The molecule has 6 heteroatoms. The number of allylic oxidation sites excluding steroid dienone is 1. The molecule has 0 aliphatic rings. The summed E-state index contributed by atoms with van der Waals surface area (Å²) < 4.78 is 8.27. The molecule has 0 aliphatic heterocycles. The number of aromatic nitrogens is 2. The first-order valence-electron chi connectivity index (χ1n) is 11.3. The summed E-state index contributed by atoms with van der Waals surface area (Å²) in [5, 5.41) is 14.9. The minimum absolute atomic E-state index is 0.305. The number of hydrogen-bond acceptors (Lipinski definition) is 4. The molecule has 0 spiro atoms. The SMILES string of the molecule is CC(CCCC=C(CNCCCn1ccnc1)COc1cccc2ccccc12)C(=O)O. The van der Waals surface area contributed by atoms with Gasteiger partial charge in [-0.25, -0.2) is 4.98 Å². The monoisotopic (exact) mass is 435 g/mol. The maximum absolute atomic E-state index is 11.0. The zero-order valence-corrected chi connectivity index (χ0v) is 18.7. The smallest absolute Gasteiger partial charge is 0.306 e. The summed E-state index contributed by atoms with van der Waals surface area (Å²) >= 11 is 0. The van der Waals surface area contributed by atoms with Gasteiger partial charge in [0.1, 0.15) is 12.4 Å². The first kappa shape index (κ1) is 23.5. The van der Waals surface area contributed by atoms with E-state index in [2.05, 4.69) is 39.1 Å². The Hall–Kier alpha value is -3.12. The predicted molar refractivity (Wildman–Crippen MR) is 128 cm³/mol. The van der Waals surface area contributed by atoms with E-state index in [1.165, 1.54) is 5.57 Å². The molecule has 0 saturated carbocycles. The highest BCUT2D eigenvalue weighted by atomic mass is 16.5. The normalized spacial score (nSPS) is 12.7. The molecular formula is C26H33N3O3. The number of carbonyl (C=O) groups is 1. The van der Waals surface area contributed by atoms with Gasteiger partial charge in [-0.15, -0.1) is 0 Å². The number of rotatable bonds is 14. The van der Waals surface area contributed by atoms with Crippen molar-refractivity contribution in [3.8, 4) is 5.75 Å². The molecule has 2 N–H and O–H groups in total. The molecule has 2 aromatic carbocycles. The van der Waals surface area contributed by atoms with Gasteiger partial charge in [0, 0.05) is 30.9 Å². The Balaban J connectivity index is 1.53. The van der Waals surface area contributed by atoms with Crippen LogP contribution in [-0.4, -0.2) is 40.3 Å². The number of hydrogen-bond donors (Lipinski definition) is 2. The van der Waals surface area contributed by atoms with Gasteiger partial charge in [0.05, 0.1) is 12.2 Å². The fourth-order valence-corrected chi connectivity index (χ4v) is 3.58. The van der Waals surface area contributed by atoms with Crippen molar-refractivity contribution in [3.63, 3.8) is 0 Å². The van der Waals surface area contributed by atoms with Crippen LogP contribution in [0.4, 0.5) is 0 Å². The Labute approximate surface area is 189 Å². The quantitative estimate of drug-likeness (QED) is 0.278. The highest BCUT2D eigenvalue weighted by Gasteiger charge is 2.09. The second-order valence-corrected chi connectivity index (χ2v) is 8.13. The lowest BCUT2D eigenvalue weighted by molar-refractivity contribution is -0.141. The molecule has 0 aliphatic carbocycles. The van der Waals surface area contributed by atoms with E-state index in [1.807, 2.05) is 36.8 Å². The van der Waals surface area contributed by atoms with Gasteiger partial charge in [0.25, 0.3) is 0 Å². The van der Waals surface area contributed by atoms with Crippen LogP contribution in [-0.2, 0) is 11.3 Å². The van der Waals surface area contributed by atoms with Crippen LogP contribution in [0.2, 0.25) is 0 Å². The number of aliphatic carboxylic acids is 1. The van der Waals surface area contributed by atoms with Crippen molar-refractivity contribution in [1.29, 1.82) is 0 Å². The molecule has 0 fully saturated rings. The third kappa shape index (κ3) is 7.54. The van der Waals surface area contributed by atoms with E-state index in [4.69, 9.17) is 9.84 Å². The summed E-state index contributed by atoms with van der Waals surface area (Å²) in [7, 11) is 0. The third-order valence-corrected chi connectivity index (χ3v) is 5.54. The largest absolute Gasteiger partial charge is 0.489 e. The second-order valence-electron chi connectivity index (χ2n) is 8.13. The molecule has 0 saturated heterocycles. The van der Waals surface area contributed by atoms with Gasteiger partial charge in [0.2, 0.25) is 0 Å². The van der Waals surface area contributed by atoms with E-state index in [1.54, 1.807) is 13.1 Å². The van der Waals surface area contributed by atoms with Gasteiger partial charge in [0.15, 0.2) is 0 Å². The highest BCUT2D eigenvalue weighted by molar-refractivity contribution is 5.88. The van der Waals surface area contributed by atoms with Gasteiger partial charge >= 0.3 is 5.97 Å². The molecule has 1 atom stereocenters. The van der Waals surface area contributed by atoms with Crippen molar-refractivity contribution >= 4 is 16.7 Å². The van der Waals surface area contributed by atoms with E-state index in [9.17, 15) is 4.79 Å². The van der Waals surface area contributed by atoms with Crippen LogP contribution in [0.25, 0.3) is 10.8 Å². The van der Waals surface area contributed by atoms with Gasteiger partial charge in [-0.05, 0) is 49.3 Å². The Bertz CT molecular complexity index is 993. The number of aryl methyl sites for hydroxylation is 1. The second kappa shape index (κ2) is 12.7. The van der Waals surface area contributed by atoms with Gasteiger partial charge in [-0.3, -0.25) is 4.79 Å². The van der Waals surface area contributed by atoms with Crippen molar-refractivity contribution in [2.24, 2.45) is 5.92 Å². The van der Waals surface area contributed by atoms with Crippen molar-refractivity contribution < 1.29 is 14.6 Å². The summed E-state index contributed by atoms with van der Waals surface area (Å²) in [5.41, 5.74) is 1.18. The zero-order chi connectivity index (χ0) is 22.6. The number of nitrogens with one attached hydrogen (secondary N) is 1. The van der Waals surface area contributed by atoms with E-state index in [-0.39, 0.29) is 5.92 Å². The average molecular weight is 436 g/mol. The van der Waals surface area contributed by atoms with E-state index in [0.717, 1.165) is 55.4 Å². The summed E-state index contributed by atoms with van der Waals surface area (Å²) in [6, 6.07) is 14.3. The van der Waals surface area contributed by atoms with Gasteiger partial charge < -0.3 is 19.7 Å². The molecule has 1 unspecified atom stereocenters. The van der Waals surface area contributed by atoms with Crippen molar-refractivity contribution in [2.45, 2.75) is 39.2 Å². The van der Waals surface area contributed by atoms with E-state index < -0.39 is 5.97 Å². The Morgan fingerprint density at radius 2 is 2.06 bits per heavy atom. The summed E-state index contributed by atoms with van der Waals surface area (Å²) in [4.78, 5) is 15.1. The molecule has 3 rings (SSSR count). The average Bonchev–Trinajstić information content (AvgIpc) is 3.32. The molecule has 0 radical (unpaired) electrons. The van der Waals surface area contributed by atoms with Crippen LogP contribution in [0, 0.1) is 5.92 Å². The number of nitrogens with zero attached hydrogens (tertiary/aromatic N) is 2. The van der Waals surface area contributed by atoms with Gasteiger partial charge in [-0.2, -0.15) is 0 Å². The maximum Gasteiger partial charge on any atom is 0.306 e. The molecule has 170 valence electrons. The number of carboxylic acids is 1. The molecule has 3 aromatic rings. The fraction of sp³-hybridized carbons (Fsp3) is 0.385. The molecule has 0 bridgehead atoms.